The first-order valence-corrected chi connectivity index (χ1v) is 9.53. The standard InChI is InChI=1S/C19H28ClN3O/c1-15-8-12-22(13-9-15)14-10-21-19(24)23-11-2-3-18(23)16-4-6-17(20)7-5-16/h4-7,15,18H,2-3,8-14H2,1H3,(H,21,24). The van der Waals surface area contributed by atoms with E-state index in [0.717, 1.165) is 56.5 Å². The average molecular weight is 350 g/mol. The predicted molar refractivity (Wildman–Crippen MR) is 98.4 cm³/mol. The van der Waals surface area contributed by atoms with E-state index in [1.54, 1.807) is 0 Å². The van der Waals surface area contributed by atoms with E-state index in [1.807, 2.05) is 29.2 Å². The minimum Gasteiger partial charge on any atom is -0.337 e. The molecule has 1 N–H and O–H groups in total. The normalized spacial score (nSPS) is 22.8. The Morgan fingerprint density at radius 2 is 1.88 bits per heavy atom. The quantitative estimate of drug-likeness (QED) is 0.894. The van der Waals surface area contributed by atoms with Gasteiger partial charge in [0, 0.05) is 24.7 Å². The molecular formula is C19H28ClN3O. The molecular weight excluding hydrogens is 322 g/mol. The maximum Gasteiger partial charge on any atom is 0.317 e. The Bertz CT molecular complexity index is 540. The molecule has 3 rings (SSSR count). The number of piperidine rings is 1. The van der Waals surface area contributed by atoms with Crippen LogP contribution in [0.3, 0.4) is 0 Å². The summed E-state index contributed by atoms with van der Waals surface area (Å²) in [5, 5.41) is 3.85. The molecule has 132 valence electrons. The van der Waals surface area contributed by atoms with Crippen LogP contribution in [0.15, 0.2) is 24.3 Å². The number of carbonyl (C=O) groups excluding carboxylic acids is 1. The number of amides is 2. The molecule has 0 bridgehead atoms. The van der Waals surface area contributed by atoms with Crippen LogP contribution in [0.25, 0.3) is 0 Å². The molecule has 24 heavy (non-hydrogen) atoms. The second-order valence-corrected chi connectivity index (χ2v) is 7.60. The third-order valence-corrected chi connectivity index (χ3v) is 5.60. The molecule has 1 unspecified atom stereocenters. The van der Waals surface area contributed by atoms with Gasteiger partial charge in [-0.25, -0.2) is 4.79 Å². The molecule has 0 spiro atoms. The van der Waals surface area contributed by atoms with Crippen LogP contribution in [0.5, 0.6) is 0 Å². The van der Waals surface area contributed by atoms with Gasteiger partial charge >= 0.3 is 6.03 Å². The van der Waals surface area contributed by atoms with Crippen molar-refractivity contribution < 1.29 is 4.79 Å². The summed E-state index contributed by atoms with van der Waals surface area (Å²) in [6.45, 7) is 7.17. The zero-order chi connectivity index (χ0) is 16.9. The highest BCUT2D eigenvalue weighted by Gasteiger charge is 2.29. The molecule has 0 aliphatic carbocycles. The van der Waals surface area contributed by atoms with E-state index in [-0.39, 0.29) is 12.1 Å². The topological polar surface area (TPSA) is 35.6 Å². The molecule has 2 amide bonds. The second-order valence-electron chi connectivity index (χ2n) is 7.16. The van der Waals surface area contributed by atoms with Gasteiger partial charge in [0.05, 0.1) is 6.04 Å². The molecule has 2 aliphatic rings. The van der Waals surface area contributed by atoms with Gasteiger partial charge in [0.2, 0.25) is 0 Å². The maximum absolute atomic E-state index is 12.6. The van der Waals surface area contributed by atoms with Gasteiger partial charge in [-0.1, -0.05) is 30.7 Å². The Kier molecular flexibility index (Phi) is 6.01. The molecule has 1 aromatic rings. The number of halogens is 1. The van der Waals surface area contributed by atoms with Crippen LogP contribution in [0.2, 0.25) is 5.02 Å². The van der Waals surface area contributed by atoms with Crippen molar-refractivity contribution in [3.63, 3.8) is 0 Å². The van der Waals surface area contributed by atoms with Gasteiger partial charge in [-0.2, -0.15) is 0 Å². The van der Waals surface area contributed by atoms with Crippen molar-refractivity contribution in [3.8, 4) is 0 Å². The third-order valence-electron chi connectivity index (χ3n) is 5.35. The fourth-order valence-corrected chi connectivity index (χ4v) is 3.88. The van der Waals surface area contributed by atoms with E-state index in [9.17, 15) is 4.79 Å². The Balaban J connectivity index is 1.48. The molecule has 2 fully saturated rings. The molecule has 0 saturated carbocycles. The lowest BCUT2D eigenvalue weighted by Gasteiger charge is -2.31. The molecule has 1 atom stereocenters. The van der Waals surface area contributed by atoms with Crippen LogP contribution in [-0.4, -0.2) is 48.6 Å². The summed E-state index contributed by atoms with van der Waals surface area (Å²) in [5.74, 6) is 0.848. The first-order valence-electron chi connectivity index (χ1n) is 9.16. The first kappa shape index (κ1) is 17.6. The van der Waals surface area contributed by atoms with Crippen LogP contribution in [0, 0.1) is 5.92 Å². The summed E-state index contributed by atoms with van der Waals surface area (Å²) in [7, 11) is 0. The van der Waals surface area contributed by atoms with Crippen molar-refractivity contribution in [2.45, 2.75) is 38.6 Å². The van der Waals surface area contributed by atoms with Crippen molar-refractivity contribution in [1.29, 1.82) is 0 Å². The van der Waals surface area contributed by atoms with Gasteiger partial charge < -0.3 is 15.1 Å². The lowest BCUT2D eigenvalue weighted by molar-refractivity contribution is 0.178. The Morgan fingerprint density at radius 3 is 2.58 bits per heavy atom. The van der Waals surface area contributed by atoms with Gasteiger partial charge in [0.15, 0.2) is 0 Å². The minimum absolute atomic E-state index is 0.0674. The smallest absolute Gasteiger partial charge is 0.317 e. The number of urea groups is 1. The highest BCUT2D eigenvalue weighted by molar-refractivity contribution is 6.30. The highest BCUT2D eigenvalue weighted by atomic mass is 35.5. The van der Waals surface area contributed by atoms with Crippen molar-refractivity contribution in [1.82, 2.24) is 15.1 Å². The zero-order valence-corrected chi connectivity index (χ0v) is 15.3. The van der Waals surface area contributed by atoms with Crippen molar-refractivity contribution in [3.05, 3.63) is 34.9 Å². The van der Waals surface area contributed by atoms with Crippen LogP contribution < -0.4 is 5.32 Å². The molecule has 0 radical (unpaired) electrons. The largest absolute Gasteiger partial charge is 0.337 e. The zero-order valence-electron chi connectivity index (χ0n) is 14.5. The Hall–Kier alpha value is -1.26. The van der Waals surface area contributed by atoms with Crippen LogP contribution in [0.1, 0.15) is 44.2 Å². The van der Waals surface area contributed by atoms with Crippen molar-refractivity contribution in [2.75, 3.05) is 32.7 Å². The lowest BCUT2D eigenvalue weighted by Crippen LogP contribution is -2.44. The monoisotopic (exact) mass is 349 g/mol. The molecule has 2 heterocycles. The number of nitrogens with zero attached hydrogens (tertiary/aromatic N) is 2. The van der Waals surface area contributed by atoms with Gasteiger partial charge in [0.25, 0.3) is 0 Å². The summed E-state index contributed by atoms with van der Waals surface area (Å²) in [6.07, 6.45) is 4.64. The molecule has 2 aliphatic heterocycles. The fourth-order valence-electron chi connectivity index (χ4n) is 3.75. The second kappa shape index (κ2) is 8.21. The van der Waals surface area contributed by atoms with Gasteiger partial charge in [-0.05, 0) is 62.4 Å². The minimum atomic E-state index is 0.0674. The number of carbonyl (C=O) groups is 1. The molecule has 4 nitrogen and oxygen atoms in total. The van der Waals surface area contributed by atoms with E-state index in [1.165, 1.54) is 18.4 Å². The molecule has 0 aromatic heterocycles. The van der Waals surface area contributed by atoms with Crippen LogP contribution >= 0.6 is 11.6 Å². The lowest BCUT2D eigenvalue weighted by atomic mass is 9.99. The summed E-state index contributed by atoms with van der Waals surface area (Å²) in [5.41, 5.74) is 1.18. The molecule has 1 aromatic carbocycles. The average Bonchev–Trinajstić information content (AvgIpc) is 3.07. The van der Waals surface area contributed by atoms with E-state index >= 15 is 0 Å². The van der Waals surface area contributed by atoms with E-state index in [0.29, 0.717) is 0 Å². The van der Waals surface area contributed by atoms with Gasteiger partial charge in [-0.3, -0.25) is 0 Å². The van der Waals surface area contributed by atoms with Gasteiger partial charge in [0.1, 0.15) is 0 Å². The van der Waals surface area contributed by atoms with E-state index < -0.39 is 0 Å². The molecule has 2 saturated heterocycles. The summed E-state index contributed by atoms with van der Waals surface area (Å²) in [4.78, 5) is 17.0. The van der Waals surface area contributed by atoms with E-state index in [4.69, 9.17) is 11.6 Å². The number of nitrogens with one attached hydrogen (secondary N) is 1. The number of rotatable bonds is 4. The Labute approximate surface area is 150 Å². The SMILES string of the molecule is CC1CCN(CCNC(=O)N2CCCC2c2ccc(Cl)cc2)CC1. The number of hydrogen-bond acceptors (Lipinski definition) is 2. The maximum atomic E-state index is 12.6. The van der Waals surface area contributed by atoms with Gasteiger partial charge in [-0.15, -0.1) is 0 Å². The van der Waals surface area contributed by atoms with E-state index in [2.05, 4.69) is 17.1 Å². The fraction of sp³-hybridized carbons (Fsp3) is 0.632. The van der Waals surface area contributed by atoms with Crippen molar-refractivity contribution >= 4 is 17.6 Å². The first-order chi connectivity index (χ1) is 11.6. The Morgan fingerprint density at radius 1 is 1.17 bits per heavy atom. The van der Waals surface area contributed by atoms with Crippen LogP contribution in [0.4, 0.5) is 4.79 Å². The third kappa shape index (κ3) is 4.42. The predicted octanol–water partition coefficient (Wildman–Crippen LogP) is 3.92. The van der Waals surface area contributed by atoms with Crippen LogP contribution in [-0.2, 0) is 0 Å². The summed E-state index contributed by atoms with van der Waals surface area (Å²) >= 11 is 5.97. The number of likely N-dealkylation sites (tertiary alicyclic amines) is 2. The van der Waals surface area contributed by atoms with Crippen molar-refractivity contribution in [2.24, 2.45) is 5.92 Å². The number of hydrogen-bond donors (Lipinski definition) is 1. The number of benzene rings is 1. The molecule has 5 heteroatoms. The summed E-state index contributed by atoms with van der Waals surface area (Å²) < 4.78 is 0. The summed E-state index contributed by atoms with van der Waals surface area (Å²) in [6, 6.07) is 8.13. The highest BCUT2D eigenvalue weighted by Crippen LogP contribution is 2.32.